The van der Waals surface area contributed by atoms with E-state index in [4.69, 9.17) is 4.74 Å². The molecule has 0 aromatic heterocycles. The SMILES string of the molecule is C=C(C)C(=O)OCC(O)C[N+](C)(C)C.C=C(C)[C-]=O.[Na+]. The normalized spacial score (nSPS) is 11.1. The van der Waals surface area contributed by atoms with Crippen LogP contribution in [0.15, 0.2) is 24.3 Å². The van der Waals surface area contributed by atoms with Crippen molar-refractivity contribution in [3.05, 3.63) is 24.3 Å². The maximum atomic E-state index is 11.0. The van der Waals surface area contributed by atoms with Crippen LogP contribution < -0.4 is 29.6 Å². The van der Waals surface area contributed by atoms with E-state index in [9.17, 15) is 14.7 Å². The molecule has 0 aliphatic carbocycles. The monoisotopic (exact) mass is 294 g/mol. The largest absolute Gasteiger partial charge is 1.00 e. The molecule has 0 rings (SSSR count). The standard InChI is InChI=1S/C10H20NO3.C4H5O.Na/c1-8(2)10(13)14-7-9(12)6-11(3,4)5;1-4(2)3-5;/h9,12H,1,6-7H2,2-5H3;1H2,2H3;/q+1;-1;+1. The molecule has 0 radical (unpaired) electrons. The number of nitrogens with zero attached hydrogens (tertiary/aromatic N) is 1. The summed E-state index contributed by atoms with van der Waals surface area (Å²) in [6.45, 7) is 10.5. The van der Waals surface area contributed by atoms with Crippen LogP contribution in [0, 0.1) is 0 Å². The zero-order chi connectivity index (χ0) is 15.6. The molecule has 0 heterocycles. The molecule has 1 unspecified atom stereocenters. The van der Waals surface area contributed by atoms with Crippen LogP contribution in [0.5, 0.6) is 0 Å². The van der Waals surface area contributed by atoms with Gasteiger partial charge in [-0.05, 0) is 13.2 Å². The number of ether oxygens (including phenoxy) is 1. The molecular formula is C14H25NNaO4+. The second kappa shape index (κ2) is 12.3. The Bertz CT molecular complexity index is 335. The number of aliphatic hydroxyl groups is 1. The summed E-state index contributed by atoms with van der Waals surface area (Å²) in [5.41, 5.74) is 0.799. The van der Waals surface area contributed by atoms with E-state index in [1.54, 1.807) is 20.1 Å². The molecule has 0 saturated heterocycles. The summed E-state index contributed by atoms with van der Waals surface area (Å²) in [6, 6.07) is 0. The molecule has 20 heavy (non-hydrogen) atoms. The fourth-order valence-electron chi connectivity index (χ4n) is 0.980. The fraction of sp³-hybridized carbons (Fsp3) is 0.571. The number of quaternary nitrogens is 1. The molecule has 6 heteroatoms. The van der Waals surface area contributed by atoms with Gasteiger partial charge in [0.05, 0.1) is 21.1 Å². The number of hydrogen-bond donors (Lipinski definition) is 1. The molecule has 0 bridgehead atoms. The molecule has 1 atom stereocenters. The Hall–Kier alpha value is -0.460. The van der Waals surface area contributed by atoms with Crippen molar-refractivity contribution in [1.29, 1.82) is 0 Å². The number of carbonyl (C=O) groups excluding carboxylic acids is 2. The van der Waals surface area contributed by atoms with Crippen molar-refractivity contribution < 1.29 is 53.5 Å². The van der Waals surface area contributed by atoms with E-state index in [-0.39, 0.29) is 36.2 Å². The third-order valence-corrected chi connectivity index (χ3v) is 1.69. The Balaban J connectivity index is -0.000000414. The predicted octanol–water partition coefficient (Wildman–Crippen LogP) is -2.15. The third-order valence-electron chi connectivity index (χ3n) is 1.69. The van der Waals surface area contributed by atoms with E-state index in [1.165, 1.54) is 0 Å². The fourth-order valence-corrected chi connectivity index (χ4v) is 0.980. The van der Waals surface area contributed by atoms with Gasteiger partial charge in [0.2, 0.25) is 0 Å². The summed E-state index contributed by atoms with van der Waals surface area (Å²) < 4.78 is 5.44. The van der Waals surface area contributed by atoms with E-state index in [0.717, 1.165) is 0 Å². The average Bonchev–Trinajstić information content (AvgIpc) is 2.24. The van der Waals surface area contributed by atoms with Crippen LogP contribution in [-0.2, 0) is 14.3 Å². The minimum absolute atomic E-state index is 0. The van der Waals surface area contributed by atoms with Crippen LogP contribution in [-0.4, -0.2) is 62.2 Å². The van der Waals surface area contributed by atoms with Gasteiger partial charge in [-0.2, -0.15) is 5.57 Å². The first-order valence-electron chi connectivity index (χ1n) is 5.84. The van der Waals surface area contributed by atoms with E-state index in [0.29, 0.717) is 22.2 Å². The second-order valence-electron chi connectivity index (χ2n) is 5.39. The smallest absolute Gasteiger partial charge is 0.459 e. The number of allylic oxidation sites excluding steroid dienone is 1. The van der Waals surface area contributed by atoms with Gasteiger partial charge in [-0.3, -0.25) is 0 Å². The van der Waals surface area contributed by atoms with Gasteiger partial charge in [-0.15, -0.1) is 0 Å². The number of likely N-dealkylation sites (N-methyl/N-ethyl adjacent to an activating group) is 1. The number of hydrogen-bond acceptors (Lipinski definition) is 4. The maximum Gasteiger partial charge on any atom is 1.00 e. The Morgan fingerprint density at radius 1 is 1.30 bits per heavy atom. The van der Waals surface area contributed by atoms with Crippen molar-refractivity contribution in [2.24, 2.45) is 0 Å². The number of esters is 1. The third kappa shape index (κ3) is 19.9. The zero-order valence-corrected chi connectivity index (χ0v) is 15.5. The van der Waals surface area contributed by atoms with E-state index >= 15 is 0 Å². The van der Waals surface area contributed by atoms with Crippen LogP contribution >= 0.6 is 0 Å². The van der Waals surface area contributed by atoms with Gasteiger partial charge < -0.3 is 19.1 Å². The molecule has 110 valence electrons. The summed E-state index contributed by atoms with van der Waals surface area (Å²) in [7, 11) is 5.89. The topological polar surface area (TPSA) is 63.6 Å². The summed E-state index contributed by atoms with van der Waals surface area (Å²) in [6.07, 6.45) is 0.957. The quantitative estimate of drug-likeness (QED) is 0.199. The molecule has 0 spiro atoms. The molecule has 1 N–H and O–H groups in total. The Labute approximate surface area is 144 Å². The van der Waals surface area contributed by atoms with Crippen molar-refractivity contribution in [3.63, 3.8) is 0 Å². The number of carbonyl (C=O) groups is 1. The van der Waals surface area contributed by atoms with E-state index < -0.39 is 12.1 Å². The van der Waals surface area contributed by atoms with Gasteiger partial charge in [0.15, 0.2) is 0 Å². The predicted molar refractivity (Wildman–Crippen MR) is 75.2 cm³/mol. The molecule has 0 aliphatic rings. The molecule has 0 aliphatic heterocycles. The van der Waals surface area contributed by atoms with Crippen molar-refractivity contribution in [2.45, 2.75) is 20.0 Å². The van der Waals surface area contributed by atoms with Gasteiger partial charge in [-0.25, -0.2) is 11.4 Å². The van der Waals surface area contributed by atoms with Crippen LogP contribution in [0.1, 0.15) is 13.8 Å². The molecule has 0 saturated carbocycles. The number of rotatable bonds is 6. The Morgan fingerprint density at radius 2 is 1.70 bits per heavy atom. The maximum absolute atomic E-state index is 11.0. The molecule has 0 aromatic rings. The molecule has 0 amide bonds. The van der Waals surface area contributed by atoms with Gasteiger partial charge in [0.25, 0.3) is 0 Å². The van der Waals surface area contributed by atoms with Crippen molar-refractivity contribution >= 4 is 12.3 Å². The first kappa shape index (κ1) is 24.6. The zero-order valence-electron chi connectivity index (χ0n) is 13.5. The van der Waals surface area contributed by atoms with Crippen LogP contribution in [0.4, 0.5) is 0 Å². The Morgan fingerprint density at radius 3 is 1.95 bits per heavy atom. The van der Waals surface area contributed by atoms with Gasteiger partial charge in [0, 0.05) is 5.57 Å². The van der Waals surface area contributed by atoms with Crippen LogP contribution in [0.2, 0.25) is 0 Å². The van der Waals surface area contributed by atoms with Crippen molar-refractivity contribution in [2.75, 3.05) is 34.3 Å². The molecule has 0 fully saturated rings. The molecular weight excluding hydrogens is 269 g/mol. The van der Waals surface area contributed by atoms with Crippen molar-refractivity contribution in [1.82, 2.24) is 0 Å². The summed E-state index contributed by atoms with van der Waals surface area (Å²) in [5, 5.41) is 9.49. The summed E-state index contributed by atoms with van der Waals surface area (Å²) in [4.78, 5) is 20.3. The second-order valence-corrected chi connectivity index (χ2v) is 5.39. The minimum Gasteiger partial charge on any atom is -0.459 e. The Kier molecular flexibility index (Phi) is 15.1. The minimum atomic E-state index is -0.627. The van der Waals surface area contributed by atoms with Gasteiger partial charge in [-0.1, -0.05) is 13.5 Å². The summed E-state index contributed by atoms with van der Waals surface area (Å²) >= 11 is 0. The van der Waals surface area contributed by atoms with E-state index in [1.807, 2.05) is 21.1 Å². The van der Waals surface area contributed by atoms with Crippen LogP contribution in [0.25, 0.3) is 0 Å². The van der Waals surface area contributed by atoms with Gasteiger partial charge >= 0.3 is 35.5 Å². The van der Waals surface area contributed by atoms with Crippen LogP contribution in [0.3, 0.4) is 0 Å². The van der Waals surface area contributed by atoms with Crippen molar-refractivity contribution in [3.8, 4) is 0 Å². The molecule has 5 nitrogen and oxygen atoms in total. The first-order chi connectivity index (χ1) is 8.49. The number of aliphatic hydroxyl groups excluding tert-OH is 1. The van der Waals surface area contributed by atoms with Gasteiger partial charge in [0.1, 0.15) is 19.3 Å². The molecule has 0 aromatic carbocycles. The average molecular weight is 294 g/mol. The first-order valence-corrected chi connectivity index (χ1v) is 5.84. The summed E-state index contributed by atoms with van der Waals surface area (Å²) in [5.74, 6) is -0.453. The van der Waals surface area contributed by atoms with E-state index in [2.05, 4.69) is 13.2 Å².